The standard InChI is InChI=1S/C26H26N2O3S/c1-19-27-23(18-32-19)17-31-24-9-5-6-20(16-24)10-11-25(29)28-14-12-22(13-15-28)26(30)21-7-3-2-4-8-21/h2-11,16,18,22H,12-15,17H2,1H3. The first kappa shape index (κ1) is 22.0. The molecule has 1 aliphatic rings. The summed E-state index contributed by atoms with van der Waals surface area (Å²) in [4.78, 5) is 31.5. The van der Waals surface area contributed by atoms with E-state index >= 15 is 0 Å². The highest BCUT2D eigenvalue weighted by atomic mass is 32.1. The summed E-state index contributed by atoms with van der Waals surface area (Å²) in [5.41, 5.74) is 2.57. The van der Waals surface area contributed by atoms with Crippen LogP contribution < -0.4 is 4.74 Å². The van der Waals surface area contributed by atoms with E-state index in [4.69, 9.17) is 4.74 Å². The maximum absolute atomic E-state index is 12.6. The molecular formula is C26H26N2O3S. The van der Waals surface area contributed by atoms with E-state index in [-0.39, 0.29) is 17.6 Å². The van der Waals surface area contributed by atoms with Gasteiger partial charge in [-0.25, -0.2) is 4.98 Å². The third-order valence-electron chi connectivity index (χ3n) is 5.57. The Morgan fingerprint density at radius 1 is 1.12 bits per heavy atom. The number of likely N-dealkylation sites (tertiary alicyclic amines) is 1. The average Bonchev–Trinajstić information content (AvgIpc) is 3.27. The lowest BCUT2D eigenvalue weighted by Crippen LogP contribution is -2.39. The minimum Gasteiger partial charge on any atom is -0.487 e. The Labute approximate surface area is 192 Å². The van der Waals surface area contributed by atoms with Gasteiger partial charge in [-0.2, -0.15) is 0 Å². The number of piperidine rings is 1. The van der Waals surface area contributed by atoms with Crippen LogP contribution in [0.4, 0.5) is 0 Å². The first-order valence-electron chi connectivity index (χ1n) is 10.8. The molecule has 164 valence electrons. The molecule has 0 radical (unpaired) electrons. The van der Waals surface area contributed by atoms with Crippen molar-refractivity contribution in [3.05, 3.63) is 87.9 Å². The molecule has 0 spiro atoms. The molecule has 2 aromatic carbocycles. The van der Waals surface area contributed by atoms with E-state index in [9.17, 15) is 9.59 Å². The molecule has 4 rings (SSSR count). The van der Waals surface area contributed by atoms with Crippen molar-refractivity contribution >= 4 is 29.1 Å². The van der Waals surface area contributed by atoms with Gasteiger partial charge in [0.15, 0.2) is 5.78 Å². The Hall–Kier alpha value is -3.25. The molecule has 1 fully saturated rings. The van der Waals surface area contributed by atoms with Gasteiger partial charge in [0.1, 0.15) is 12.4 Å². The quantitative estimate of drug-likeness (QED) is 0.371. The summed E-state index contributed by atoms with van der Waals surface area (Å²) in [6.07, 6.45) is 4.81. The molecule has 0 atom stereocenters. The number of aryl methyl sites for hydroxylation is 1. The second-order valence-corrected chi connectivity index (χ2v) is 8.94. The Kier molecular flexibility index (Phi) is 7.12. The van der Waals surface area contributed by atoms with Gasteiger partial charge in [0, 0.05) is 36.0 Å². The van der Waals surface area contributed by atoms with Gasteiger partial charge in [-0.05, 0) is 43.5 Å². The number of amides is 1. The summed E-state index contributed by atoms with van der Waals surface area (Å²) in [6.45, 7) is 3.60. The van der Waals surface area contributed by atoms with Crippen LogP contribution in [-0.4, -0.2) is 34.7 Å². The second-order valence-electron chi connectivity index (χ2n) is 7.88. The number of carbonyl (C=O) groups is 2. The number of hydrogen-bond acceptors (Lipinski definition) is 5. The highest BCUT2D eigenvalue weighted by Crippen LogP contribution is 2.22. The zero-order valence-electron chi connectivity index (χ0n) is 18.1. The van der Waals surface area contributed by atoms with Crippen molar-refractivity contribution in [1.29, 1.82) is 0 Å². The number of Topliss-reactive ketones (excluding diaryl/α,β-unsaturated/α-hetero) is 1. The van der Waals surface area contributed by atoms with Crippen molar-refractivity contribution in [2.45, 2.75) is 26.4 Å². The third kappa shape index (κ3) is 5.71. The highest BCUT2D eigenvalue weighted by Gasteiger charge is 2.27. The van der Waals surface area contributed by atoms with E-state index < -0.39 is 0 Å². The van der Waals surface area contributed by atoms with Gasteiger partial charge >= 0.3 is 0 Å². The molecule has 0 unspecified atom stereocenters. The van der Waals surface area contributed by atoms with Crippen molar-refractivity contribution in [1.82, 2.24) is 9.88 Å². The van der Waals surface area contributed by atoms with Crippen LogP contribution in [0.2, 0.25) is 0 Å². The first-order chi connectivity index (χ1) is 15.6. The predicted octanol–water partition coefficient (Wildman–Crippen LogP) is 5.17. The van der Waals surface area contributed by atoms with Crippen molar-refractivity contribution in [3.8, 4) is 5.75 Å². The molecule has 2 heterocycles. The molecule has 0 saturated carbocycles. The van der Waals surface area contributed by atoms with Gasteiger partial charge in [-0.15, -0.1) is 11.3 Å². The molecule has 3 aromatic rings. The zero-order valence-corrected chi connectivity index (χ0v) is 18.9. The van der Waals surface area contributed by atoms with Crippen molar-refractivity contribution in [2.24, 2.45) is 5.92 Å². The fourth-order valence-corrected chi connectivity index (χ4v) is 4.41. The molecule has 32 heavy (non-hydrogen) atoms. The fourth-order valence-electron chi connectivity index (χ4n) is 3.81. The lowest BCUT2D eigenvalue weighted by molar-refractivity contribution is -0.127. The normalized spacial score (nSPS) is 14.6. The number of ether oxygens (including phenoxy) is 1. The lowest BCUT2D eigenvalue weighted by atomic mass is 9.89. The number of carbonyl (C=O) groups excluding carboxylic acids is 2. The number of hydrogen-bond donors (Lipinski definition) is 0. The van der Waals surface area contributed by atoms with Crippen LogP contribution in [0, 0.1) is 12.8 Å². The SMILES string of the molecule is Cc1nc(COc2cccc(C=CC(=O)N3CCC(C(=O)c4ccccc4)CC3)c2)cs1. The van der Waals surface area contributed by atoms with Crippen molar-refractivity contribution in [2.75, 3.05) is 13.1 Å². The number of thiazole rings is 1. The number of benzene rings is 2. The van der Waals surface area contributed by atoms with Gasteiger partial charge in [0.25, 0.3) is 0 Å². The highest BCUT2D eigenvalue weighted by molar-refractivity contribution is 7.09. The van der Waals surface area contributed by atoms with E-state index in [2.05, 4.69) is 4.98 Å². The molecule has 0 aliphatic carbocycles. The van der Waals surface area contributed by atoms with Crippen LogP contribution in [-0.2, 0) is 11.4 Å². The van der Waals surface area contributed by atoms with E-state index in [1.165, 1.54) is 0 Å². The van der Waals surface area contributed by atoms with E-state index in [0.29, 0.717) is 32.5 Å². The summed E-state index contributed by atoms with van der Waals surface area (Å²) in [7, 11) is 0. The molecule has 0 N–H and O–H groups in total. The summed E-state index contributed by atoms with van der Waals surface area (Å²) in [6, 6.07) is 17.1. The van der Waals surface area contributed by atoms with E-state index in [1.54, 1.807) is 17.4 Å². The smallest absolute Gasteiger partial charge is 0.246 e. The Morgan fingerprint density at radius 2 is 1.91 bits per heavy atom. The molecule has 1 aromatic heterocycles. The minimum atomic E-state index is -0.0279. The summed E-state index contributed by atoms with van der Waals surface area (Å²) in [5.74, 6) is 0.879. The summed E-state index contributed by atoms with van der Waals surface area (Å²) < 4.78 is 5.82. The molecule has 1 amide bonds. The van der Waals surface area contributed by atoms with Gasteiger partial charge in [-0.1, -0.05) is 42.5 Å². The van der Waals surface area contributed by atoms with E-state index in [0.717, 1.165) is 27.6 Å². The fraction of sp³-hybridized carbons (Fsp3) is 0.269. The van der Waals surface area contributed by atoms with Crippen LogP contribution >= 0.6 is 11.3 Å². The number of ketones is 1. The van der Waals surface area contributed by atoms with Crippen LogP contribution in [0.15, 0.2) is 66.1 Å². The van der Waals surface area contributed by atoms with Crippen LogP contribution in [0.25, 0.3) is 6.08 Å². The van der Waals surface area contributed by atoms with Gasteiger partial charge in [0.2, 0.25) is 5.91 Å². The maximum atomic E-state index is 12.6. The van der Waals surface area contributed by atoms with E-state index in [1.807, 2.05) is 77.9 Å². The molecule has 1 saturated heterocycles. The zero-order chi connectivity index (χ0) is 22.3. The summed E-state index contributed by atoms with van der Waals surface area (Å²) in [5, 5.41) is 3.02. The van der Waals surface area contributed by atoms with Crippen LogP contribution in [0.1, 0.15) is 39.5 Å². The molecular weight excluding hydrogens is 420 g/mol. The maximum Gasteiger partial charge on any atom is 0.246 e. The first-order valence-corrected chi connectivity index (χ1v) is 11.7. The minimum absolute atomic E-state index is 0.0132. The number of aromatic nitrogens is 1. The van der Waals surface area contributed by atoms with Crippen LogP contribution in [0.3, 0.4) is 0 Å². The Balaban J connectivity index is 1.28. The molecule has 1 aliphatic heterocycles. The monoisotopic (exact) mass is 446 g/mol. The van der Waals surface area contributed by atoms with Gasteiger partial charge in [0.05, 0.1) is 10.7 Å². The van der Waals surface area contributed by atoms with Gasteiger partial charge in [-0.3, -0.25) is 9.59 Å². The number of nitrogens with zero attached hydrogens (tertiary/aromatic N) is 2. The molecule has 5 nitrogen and oxygen atoms in total. The third-order valence-corrected chi connectivity index (χ3v) is 6.39. The average molecular weight is 447 g/mol. The molecule has 6 heteroatoms. The number of rotatable bonds is 7. The van der Waals surface area contributed by atoms with Crippen LogP contribution in [0.5, 0.6) is 5.75 Å². The Bertz CT molecular complexity index is 1100. The van der Waals surface area contributed by atoms with Crippen molar-refractivity contribution < 1.29 is 14.3 Å². The topological polar surface area (TPSA) is 59.5 Å². The summed E-state index contributed by atoms with van der Waals surface area (Å²) >= 11 is 1.60. The Morgan fingerprint density at radius 3 is 2.62 bits per heavy atom. The molecule has 0 bridgehead atoms. The largest absolute Gasteiger partial charge is 0.487 e. The predicted molar refractivity (Wildman–Crippen MR) is 127 cm³/mol. The van der Waals surface area contributed by atoms with Crippen molar-refractivity contribution in [3.63, 3.8) is 0 Å². The lowest BCUT2D eigenvalue weighted by Gasteiger charge is -2.30. The second kappa shape index (κ2) is 10.4. The van der Waals surface area contributed by atoms with Gasteiger partial charge < -0.3 is 9.64 Å².